The van der Waals surface area contributed by atoms with Crippen molar-refractivity contribution >= 4 is 18.1 Å². The summed E-state index contributed by atoms with van der Waals surface area (Å²) in [5.74, 6) is 0. The molecular weight excluding hydrogens is 304 g/mol. The molecule has 0 aromatic heterocycles. The van der Waals surface area contributed by atoms with Crippen LogP contribution in [0.1, 0.15) is 30.2 Å². The summed E-state index contributed by atoms with van der Waals surface area (Å²) in [4.78, 5) is 10.2. The van der Waals surface area contributed by atoms with Gasteiger partial charge >= 0.3 is 0 Å². The maximum atomic E-state index is 10.6. The molecule has 2 atom stereocenters. The third-order valence-electron chi connectivity index (χ3n) is 3.41. The molecule has 0 saturated carbocycles. The average molecular weight is 323 g/mol. The van der Waals surface area contributed by atoms with E-state index < -0.39 is 11.0 Å². The fourth-order valence-electron chi connectivity index (χ4n) is 2.08. The van der Waals surface area contributed by atoms with E-state index in [1.807, 2.05) is 37.3 Å². The number of nitro groups is 1. The third kappa shape index (κ3) is 4.80. The number of aliphatic hydroxyl groups excluding tert-OH is 1. The maximum Gasteiger partial charge on any atom is 0.269 e. The van der Waals surface area contributed by atoms with Crippen molar-refractivity contribution in [1.29, 1.82) is 0 Å². The molecule has 6 heteroatoms. The predicted molar refractivity (Wildman–Crippen MR) is 88.2 cm³/mol. The zero-order chi connectivity index (χ0) is 15.2. The number of nitrogens with zero attached hydrogens (tertiary/aromatic N) is 1. The first kappa shape index (κ1) is 18.1. The molecule has 0 amide bonds. The highest BCUT2D eigenvalue weighted by Gasteiger charge is 2.11. The number of non-ortho nitro benzene ring substituents is 1. The van der Waals surface area contributed by atoms with Crippen molar-refractivity contribution in [3.63, 3.8) is 0 Å². The second-order valence-electron chi connectivity index (χ2n) is 4.91. The summed E-state index contributed by atoms with van der Waals surface area (Å²) < 4.78 is 0. The zero-order valence-electron chi connectivity index (χ0n) is 12.2. The number of benzene rings is 2. The Balaban J connectivity index is 0.00000242. The van der Waals surface area contributed by atoms with Gasteiger partial charge < -0.3 is 10.4 Å². The minimum Gasteiger partial charge on any atom is -0.387 e. The van der Waals surface area contributed by atoms with Gasteiger partial charge in [0.2, 0.25) is 0 Å². The Morgan fingerprint density at radius 3 is 2.23 bits per heavy atom. The maximum absolute atomic E-state index is 10.6. The molecule has 2 aromatic carbocycles. The van der Waals surface area contributed by atoms with Gasteiger partial charge in [-0.25, -0.2) is 0 Å². The molecule has 0 aliphatic carbocycles. The smallest absolute Gasteiger partial charge is 0.269 e. The van der Waals surface area contributed by atoms with Crippen LogP contribution in [-0.2, 0) is 0 Å². The molecule has 0 bridgehead atoms. The minimum absolute atomic E-state index is 0. The summed E-state index contributed by atoms with van der Waals surface area (Å²) in [6.45, 7) is 2.38. The van der Waals surface area contributed by atoms with Crippen molar-refractivity contribution in [3.8, 4) is 0 Å². The molecule has 22 heavy (non-hydrogen) atoms. The number of hydrogen-bond acceptors (Lipinski definition) is 4. The summed E-state index contributed by atoms with van der Waals surface area (Å²) in [5, 5.41) is 23.9. The topological polar surface area (TPSA) is 75.4 Å². The highest BCUT2D eigenvalue weighted by Crippen LogP contribution is 2.18. The molecule has 2 N–H and O–H groups in total. The number of hydrogen-bond donors (Lipinski definition) is 2. The SMILES string of the molecule is CC(NC[C@H](O)c1ccccc1)c1ccc([N+](=O)[O-])cc1.Cl. The summed E-state index contributed by atoms with van der Waals surface area (Å²) >= 11 is 0. The number of aliphatic hydroxyl groups is 1. The van der Waals surface area contributed by atoms with E-state index in [0.29, 0.717) is 6.54 Å². The Morgan fingerprint density at radius 2 is 1.68 bits per heavy atom. The van der Waals surface area contributed by atoms with E-state index >= 15 is 0 Å². The second-order valence-corrected chi connectivity index (χ2v) is 4.91. The Morgan fingerprint density at radius 1 is 1.09 bits per heavy atom. The lowest BCUT2D eigenvalue weighted by atomic mass is 10.1. The number of halogens is 1. The first-order valence-electron chi connectivity index (χ1n) is 6.78. The van der Waals surface area contributed by atoms with Crippen molar-refractivity contribution < 1.29 is 10.0 Å². The van der Waals surface area contributed by atoms with Crippen molar-refractivity contribution in [2.24, 2.45) is 0 Å². The van der Waals surface area contributed by atoms with Crippen molar-refractivity contribution in [1.82, 2.24) is 5.32 Å². The summed E-state index contributed by atoms with van der Waals surface area (Å²) in [7, 11) is 0. The zero-order valence-corrected chi connectivity index (χ0v) is 13.0. The lowest BCUT2D eigenvalue weighted by molar-refractivity contribution is -0.384. The standard InChI is InChI=1S/C16H18N2O3.ClH/c1-12(13-7-9-15(10-8-13)18(20)21)17-11-16(19)14-5-3-2-4-6-14;/h2-10,12,16-17,19H,11H2,1H3;1H/t12?,16-;/m0./s1. The Bertz CT molecular complexity index is 590. The molecule has 2 aromatic rings. The van der Waals surface area contributed by atoms with Gasteiger partial charge in [-0.05, 0) is 18.1 Å². The van der Waals surface area contributed by atoms with Crippen LogP contribution in [0.15, 0.2) is 54.6 Å². The van der Waals surface area contributed by atoms with Gasteiger partial charge in [-0.15, -0.1) is 12.4 Å². The molecule has 0 fully saturated rings. The molecule has 1 unspecified atom stereocenters. The number of nitrogens with one attached hydrogen (secondary N) is 1. The van der Waals surface area contributed by atoms with E-state index in [0.717, 1.165) is 11.1 Å². The lowest BCUT2D eigenvalue weighted by Crippen LogP contribution is -2.24. The van der Waals surface area contributed by atoms with Crippen LogP contribution in [0.4, 0.5) is 5.69 Å². The molecule has 0 radical (unpaired) electrons. The van der Waals surface area contributed by atoms with Crippen LogP contribution in [0.3, 0.4) is 0 Å². The predicted octanol–water partition coefficient (Wildman–Crippen LogP) is 3.40. The molecule has 0 aliphatic heterocycles. The Labute approximate surface area is 135 Å². The highest BCUT2D eigenvalue weighted by atomic mass is 35.5. The summed E-state index contributed by atoms with van der Waals surface area (Å²) in [6, 6.07) is 15.9. The summed E-state index contributed by atoms with van der Waals surface area (Å²) in [5.41, 5.74) is 1.89. The molecule has 0 heterocycles. The normalized spacial score (nSPS) is 13.0. The minimum atomic E-state index is -0.577. The summed E-state index contributed by atoms with van der Waals surface area (Å²) in [6.07, 6.45) is -0.577. The largest absolute Gasteiger partial charge is 0.387 e. The molecule has 118 valence electrons. The van der Waals surface area contributed by atoms with Gasteiger partial charge in [0.05, 0.1) is 11.0 Å². The second kappa shape index (κ2) is 8.48. The van der Waals surface area contributed by atoms with Crippen LogP contribution >= 0.6 is 12.4 Å². The molecular formula is C16H19ClN2O3. The van der Waals surface area contributed by atoms with Crippen LogP contribution in [-0.4, -0.2) is 16.6 Å². The lowest BCUT2D eigenvalue weighted by Gasteiger charge is -2.17. The first-order valence-corrected chi connectivity index (χ1v) is 6.78. The van der Waals surface area contributed by atoms with Crippen molar-refractivity contribution in [2.45, 2.75) is 19.1 Å². The van der Waals surface area contributed by atoms with Crippen LogP contribution in [0, 0.1) is 10.1 Å². The van der Waals surface area contributed by atoms with Gasteiger partial charge in [-0.1, -0.05) is 42.5 Å². The van der Waals surface area contributed by atoms with Crippen LogP contribution in [0.5, 0.6) is 0 Å². The molecule has 2 rings (SSSR count). The molecule has 0 aliphatic rings. The van der Waals surface area contributed by atoms with Gasteiger partial charge in [-0.3, -0.25) is 10.1 Å². The number of rotatable bonds is 6. The van der Waals surface area contributed by atoms with E-state index in [4.69, 9.17) is 0 Å². The van der Waals surface area contributed by atoms with Crippen LogP contribution < -0.4 is 5.32 Å². The van der Waals surface area contributed by atoms with E-state index in [1.165, 1.54) is 12.1 Å². The van der Waals surface area contributed by atoms with E-state index in [9.17, 15) is 15.2 Å². The molecule has 0 spiro atoms. The monoisotopic (exact) mass is 322 g/mol. The van der Waals surface area contributed by atoms with Gasteiger partial charge in [0, 0.05) is 24.7 Å². The van der Waals surface area contributed by atoms with E-state index in [2.05, 4.69) is 5.32 Å². The van der Waals surface area contributed by atoms with E-state index in [-0.39, 0.29) is 24.1 Å². The average Bonchev–Trinajstić information content (AvgIpc) is 2.53. The molecule has 5 nitrogen and oxygen atoms in total. The highest BCUT2D eigenvalue weighted by molar-refractivity contribution is 5.85. The Hall–Kier alpha value is -1.95. The van der Waals surface area contributed by atoms with Crippen LogP contribution in [0.25, 0.3) is 0 Å². The van der Waals surface area contributed by atoms with Crippen molar-refractivity contribution in [2.75, 3.05) is 6.54 Å². The van der Waals surface area contributed by atoms with Gasteiger partial charge in [-0.2, -0.15) is 0 Å². The third-order valence-corrected chi connectivity index (χ3v) is 3.41. The van der Waals surface area contributed by atoms with E-state index in [1.54, 1.807) is 12.1 Å². The van der Waals surface area contributed by atoms with Gasteiger partial charge in [0.15, 0.2) is 0 Å². The molecule has 0 saturated heterocycles. The number of nitro benzene ring substituents is 1. The fourth-order valence-corrected chi connectivity index (χ4v) is 2.08. The van der Waals surface area contributed by atoms with Gasteiger partial charge in [0.25, 0.3) is 5.69 Å². The quantitative estimate of drug-likeness (QED) is 0.631. The van der Waals surface area contributed by atoms with Gasteiger partial charge in [0.1, 0.15) is 0 Å². The van der Waals surface area contributed by atoms with Crippen LogP contribution in [0.2, 0.25) is 0 Å². The van der Waals surface area contributed by atoms with Crippen molar-refractivity contribution in [3.05, 3.63) is 75.8 Å². The fraction of sp³-hybridized carbons (Fsp3) is 0.250. The Kier molecular flexibility index (Phi) is 6.98. The first-order chi connectivity index (χ1) is 10.1.